The Morgan fingerprint density at radius 1 is 0.933 bits per heavy atom. The van der Waals surface area contributed by atoms with Gasteiger partial charge in [-0.2, -0.15) is 0 Å². The maximum absolute atomic E-state index is 13.6. The van der Waals surface area contributed by atoms with E-state index in [1.165, 1.54) is 5.19 Å². The molecule has 8 heteroatoms. The summed E-state index contributed by atoms with van der Waals surface area (Å²) >= 11 is 0. The highest BCUT2D eigenvalue weighted by atomic mass is 32.2. The van der Waals surface area contributed by atoms with Crippen LogP contribution in [0, 0.1) is 0 Å². The van der Waals surface area contributed by atoms with Crippen molar-refractivity contribution in [1.29, 1.82) is 0 Å². The summed E-state index contributed by atoms with van der Waals surface area (Å²) in [5, 5.41) is 0.358. The van der Waals surface area contributed by atoms with E-state index >= 15 is 0 Å². The molecule has 0 spiro atoms. The SMILES string of the molecule is CCOP(=O)(CCC(c1cccc([Si](C)(C)C)c1)S(=O)(=O)c1ccccc1)OCC. The van der Waals surface area contributed by atoms with E-state index < -0.39 is 30.8 Å². The monoisotopic (exact) mass is 468 g/mol. The molecule has 0 heterocycles. The lowest BCUT2D eigenvalue weighted by Gasteiger charge is -2.24. The Morgan fingerprint density at radius 2 is 1.53 bits per heavy atom. The topological polar surface area (TPSA) is 69.7 Å². The maximum Gasteiger partial charge on any atom is 0.330 e. The molecule has 0 aliphatic heterocycles. The fourth-order valence-electron chi connectivity index (χ4n) is 3.32. The van der Waals surface area contributed by atoms with Crippen molar-refractivity contribution in [3.63, 3.8) is 0 Å². The van der Waals surface area contributed by atoms with E-state index in [0.29, 0.717) is 0 Å². The van der Waals surface area contributed by atoms with Crippen LogP contribution in [0.4, 0.5) is 0 Å². The van der Waals surface area contributed by atoms with E-state index in [1.807, 2.05) is 18.2 Å². The highest BCUT2D eigenvalue weighted by molar-refractivity contribution is 7.91. The van der Waals surface area contributed by atoms with Crippen LogP contribution < -0.4 is 5.19 Å². The molecule has 0 aliphatic rings. The van der Waals surface area contributed by atoms with Crippen LogP contribution in [0.5, 0.6) is 0 Å². The molecule has 5 nitrogen and oxygen atoms in total. The van der Waals surface area contributed by atoms with Gasteiger partial charge in [-0.25, -0.2) is 8.42 Å². The second kappa shape index (κ2) is 10.4. The molecule has 30 heavy (non-hydrogen) atoms. The standard InChI is InChI=1S/C22H33O5PSSi/c1-6-26-28(23,27-7-2)17-16-22(29(24,25)20-13-9-8-10-14-20)19-12-11-15-21(18-19)30(3,4)5/h8-15,18,22H,6-7,16-17H2,1-5H3. The van der Waals surface area contributed by atoms with Gasteiger partial charge in [0.05, 0.1) is 37.6 Å². The third kappa shape index (κ3) is 6.38. The van der Waals surface area contributed by atoms with Gasteiger partial charge in [-0.05, 0) is 38.0 Å². The molecular weight excluding hydrogens is 435 g/mol. The van der Waals surface area contributed by atoms with Gasteiger partial charge in [0.25, 0.3) is 0 Å². The van der Waals surface area contributed by atoms with Crippen molar-refractivity contribution in [1.82, 2.24) is 0 Å². The Kier molecular flexibility index (Phi) is 8.66. The van der Waals surface area contributed by atoms with Gasteiger partial charge < -0.3 is 9.05 Å². The highest BCUT2D eigenvalue weighted by Crippen LogP contribution is 2.50. The van der Waals surface area contributed by atoms with Crippen LogP contribution in [0.2, 0.25) is 19.6 Å². The Hall–Kier alpha value is -1.24. The molecule has 0 aliphatic carbocycles. The molecule has 0 N–H and O–H groups in total. The lowest BCUT2D eigenvalue weighted by molar-refractivity contribution is 0.219. The molecule has 166 valence electrons. The number of hydrogen-bond acceptors (Lipinski definition) is 5. The average molecular weight is 469 g/mol. The van der Waals surface area contributed by atoms with Crippen LogP contribution in [0.15, 0.2) is 59.5 Å². The summed E-state index contributed by atoms with van der Waals surface area (Å²) < 4.78 is 50.9. The van der Waals surface area contributed by atoms with Gasteiger partial charge in [-0.1, -0.05) is 67.3 Å². The smallest absolute Gasteiger partial charge is 0.309 e. The first kappa shape index (κ1) is 25.0. The Balaban J connectivity index is 2.50. The molecule has 1 atom stereocenters. The number of rotatable bonds is 11. The van der Waals surface area contributed by atoms with Crippen molar-refractivity contribution >= 4 is 30.7 Å². The minimum atomic E-state index is -3.69. The molecule has 1 unspecified atom stereocenters. The first-order valence-corrected chi connectivity index (χ1v) is 17.1. The summed E-state index contributed by atoms with van der Waals surface area (Å²) in [6.45, 7) is 10.7. The predicted molar refractivity (Wildman–Crippen MR) is 126 cm³/mol. The van der Waals surface area contributed by atoms with Crippen molar-refractivity contribution in [3.8, 4) is 0 Å². The lowest BCUT2D eigenvalue weighted by Crippen LogP contribution is -2.37. The van der Waals surface area contributed by atoms with Gasteiger partial charge in [-0.15, -0.1) is 0 Å². The molecule has 0 radical (unpaired) electrons. The minimum absolute atomic E-state index is 0.0442. The molecule has 2 rings (SSSR count). The van der Waals surface area contributed by atoms with E-state index in [9.17, 15) is 13.0 Å². The van der Waals surface area contributed by atoms with Gasteiger partial charge in [0.1, 0.15) is 0 Å². The molecule has 0 saturated carbocycles. The van der Waals surface area contributed by atoms with Crippen LogP contribution in [-0.4, -0.2) is 35.9 Å². The van der Waals surface area contributed by atoms with Crippen LogP contribution >= 0.6 is 7.60 Å². The minimum Gasteiger partial charge on any atom is -0.309 e. The zero-order valence-corrected chi connectivity index (χ0v) is 21.2. The van der Waals surface area contributed by atoms with E-state index in [2.05, 4.69) is 25.7 Å². The van der Waals surface area contributed by atoms with Crippen LogP contribution in [0.25, 0.3) is 0 Å². The maximum atomic E-state index is 13.6. The first-order valence-electron chi connectivity index (χ1n) is 10.3. The summed E-state index contributed by atoms with van der Waals surface area (Å²) in [5.41, 5.74) is 0.721. The predicted octanol–water partition coefficient (Wildman–Crippen LogP) is 5.40. The van der Waals surface area contributed by atoms with Gasteiger partial charge in [0.15, 0.2) is 9.84 Å². The third-order valence-corrected chi connectivity index (χ3v) is 11.2. The van der Waals surface area contributed by atoms with Crippen molar-refractivity contribution in [3.05, 3.63) is 60.2 Å². The molecule has 0 aromatic heterocycles. The largest absolute Gasteiger partial charge is 0.330 e. The molecule has 0 fully saturated rings. The van der Waals surface area contributed by atoms with Crippen LogP contribution in [-0.2, 0) is 23.4 Å². The normalized spacial score (nSPS) is 13.9. The zero-order valence-electron chi connectivity index (χ0n) is 18.5. The molecular formula is C22H33O5PSSi. The van der Waals surface area contributed by atoms with E-state index in [4.69, 9.17) is 9.05 Å². The second-order valence-electron chi connectivity index (χ2n) is 8.18. The van der Waals surface area contributed by atoms with Crippen LogP contribution in [0.1, 0.15) is 31.1 Å². The third-order valence-electron chi connectivity index (χ3n) is 4.89. The van der Waals surface area contributed by atoms with Crippen molar-refractivity contribution in [2.24, 2.45) is 0 Å². The van der Waals surface area contributed by atoms with Gasteiger partial charge >= 0.3 is 7.60 Å². The Morgan fingerprint density at radius 3 is 2.07 bits per heavy atom. The second-order valence-corrected chi connectivity index (χ2v) is 17.6. The fourth-order valence-corrected chi connectivity index (χ4v) is 8.18. The zero-order chi connectivity index (χ0) is 22.4. The van der Waals surface area contributed by atoms with Gasteiger partial charge in [-0.3, -0.25) is 4.57 Å². The van der Waals surface area contributed by atoms with Gasteiger partial charge in [0.2, 0.25) is 0 Å². The van der Waals surface area contributed by atoms with Crippen molar-refractivity contribution in [2.75, 3.05) is 19.4 Å². The summed E-state index contributed by atoms with van der Waals surface area (Å²) in [4.78, 5) is 0.260. The molecule has 2 aromatic rings. The molecule has 0 saturated heterocycles. The fraction of sp³-hybridized carbons (Fsp3) is 0.455. The van der Waals surface area contributed by atoms with E-state index in [0.717, 1.165) is 5.56 Å². The summed E-state index contributed by atoms with van der Waals surface area (Å²) in [7, 11) is -8.67. The first-order chi connectivity index (χ1) is 14.0. The van der Waals surface area contributed by atoms with E-state index in [-0.39, 0.29) is 30.7 Å². The van der Waals surface area contributed by atoms with Crippen LogP contribution in [0.3, 0.4) is 0 Å². The van der Waals surface area contributed by atoms with Crippen molar-refractivity contribution in [2.45, 2.75) is 50.1 Å². The van der Waals surface area contributed by atoms with Crippen molar-refractivity contribution < 1.29 is 22.0 Å². The highest BCUT2D eigenvalue weighted by Gasteiger charge is 2.34. The molecule has 0 bridgehead atoms. The number of hydrogen-bond donors (Lipinski definition) is 0. The molecule has 0 amide bonds. The number of benzene rings is 2. The number of sulfone groups is 1. The average Bonchev–Trinajstić information content (AvgIpc) is 2.68. The van der Waals surface area contributed by atoms with E-state index in [1.54, 1.807) is 44.2 Å². The Labute approximate surface area is 182 Å². The summed E-state index contributed by atoms with van der Waals surface area (Å²) in [6, 6.07) is 16.3. The van der Waals surface area contributed by atoms with Gasteiger partial charge in [0, 0.05) is 0 Å². The quantitative estimate of drug-likeness (QED) is 0.326. The molecule has 2 aromatic carbocycles. The summed E-state index contributed by atoms with van der Waals surface area (Å²) in [6.07, 6.45) is 0.201. The lowest BCUT2D eigenvalue weighted by atomic mass is 10.1. The Bertz CT molecular complexity index is 961. The summed E-state index contributed by atoms with van der Waals surface area (Å²) in [5.74, 6) is 0.